The van der Waals surface area contributed by atoms with Crippen LogP contribution >= 0.6 is 24.0 Å². The summed E-state index contributed by atoms with van der Waals surface area (Å²) in [7, 11) is 3.92. The summed E-state index contributed by atoms with van der Waals surface area (Å²) in [5.74, 6) is 1.14. The molecule has 1 aromatic rings. The Morgan fingerprint density at radius 1 is 1.38 bits per heavy atom. The molecule has 1 atom stereocenters. The van der Waals surface area contributed by atoms with Crippen LogP contribution in [-0.2, 0) is 18.3 Å². The second-order valence-electron chi connectivity index (χ2n) is 8.32. The van der Waals surface area contributed by atoms with Gasteiger partial charge in [-0.2, -0.15) is 5.10 Å². The van der Waals surface area contributed by atoms with E-state index in [1.165, 1.54) is 0 Å². The average molecular weight is 522 g/mol. The number of guanidine groups is 1. The fourth-order valence-corrected chi connectivity index (χ4v) is 2.65. The maximum Gasteiger partial charge on any atom is 0.407 e. The summed E-state index contributed by atoms with van der Waals surface area (Å²) < 4.78 is 7.22. The molecule has 9 heteroatoms. The van der Waals surface area contributed by atoms with E-state index in [2.05, 4.69) is 41.4 Å². The Hall–Kier alpha value is -1.52. The van der Waals surface area contributed by atoms with Gasteiger partial charge in [0.15, 0.2) is 5.96 Å². The highest BCUT2D eigenvalue weighted by molar-refractivity contribution is 14.0. The zero-order valence-electron chi connectivity index (χ0n) is 19.2. The highest BCUT2D eigenvalue weighted by atomic mass is 127. The number of aromatic nitrogens is 2. The molecule has 0 saturated heterocycles. The summed E-state index contributed by atoms with van der Waals surface area (Å²) in [4.78, 5) is 18.9. The summed E-state index contributed by atoms with van der Waals surface area (Å²) in [5, 5.41) is 10.5. The number of alkyl carbamates (subject to hydrolysis) is 1. The van der Waals surface area contributed by atoms with Crippen molar-refractivity contribution in [2.75, 3.05) is 20.1 Å². The average Bonchev–Trinajstić information content (AvgIpc) is 2.98. The van der Waals surface area contributed by atoms with Gasteiger partial charge in [0.1, 0.15) is 5.60 Å². The summed E-state index contributed by atoms with van der Waals surface area (Å²) in [5.41, 5.74) is 0.550. The molecule has 1 amide bonds. The van der Waals surface area contributed by atoms with Crippen LogP contribution in [0.4, 0.5) is 4.79 Å². The first-order valence-corrected chi connectivity index (χ1v) is 9.99. The van der Waals surface area contributed by atoms with Crippen molar-refractivity contribution in [3.05, 3.63) is 18.0 Å². The van der Waals surface area contributed by atoms with Crippen LogP contribution in [-0.4, -0.2) is 58.5 Å². The van der Waals surface area contributed by atoms with Gasteiger partial charge in [-0.25, -0.2) is 9.79 Å². The number of hydrogen-bond acceptors (Lipinski definition) is 4. The molecule has 1 heterocycles. The topological polar surface area (TPSA) is 83.8 Å². The third-order valence-electron chi connectivity index (χ3n) is 4.29. The van der Waals surface area contributed by atoms with E-state index in [0.717, 1.165) is 31.2 Å². The van der Waals surface area contributed by atoms with Crippen LogP contribution in [0.25, 0.3) is 0 Å². The normalized spacial score (nSPS) is 12.9. The Labute approximate surface area is 192 Å². The van der Waals surface area contributed by atoms with E-state index in [-0.39, 0.29) is 36.1 Å². The highest BCUT2D eigenvalue weighted by Crippen LogP contribution is 2.11. The van der Waals surface area contributed by atoms with Crippen molar-refractivity contribution >= 4 is 36.0 Å². The standard InChI is InChI=1S/C20H38N6O2.HI/c1-9-21-18(22-14-16-10-12-23-26(16)8)25(7)13-11-17(15(2)3)24-19(27)28-20(4,5)6;/h10,12,15,17H,9,11,13-14H2,1-8H3,(H,21,22)(H,24,27);1H. The first-order valence-electron chi connectivity index (χ1n) is 9.99. The predicted molar refractivity (Wildman–Crippen MR) is 129 cm³/mol. The molecule has 2 N–H and O–H groups in total. The number of ether oxygens (including phenoxy) is 1. The monoisotopic (exact) mass is 522 g/mol. The molecule has 0 saturated carbocycles. The minimum atomic E-state index is -0.501. The summed E-state index contributed by atoms with van der Waals surface area (Å²) in [6.07, 6.45) is 2.20. The third kappa shape index (κ3) is 10.7. The van der Waals surface area contributed by atoms with Crippen molar-refractivity contribution in [1.82, 2.24) is 25.3 Å². The molecule has 0 spiro atoms. The first kappa shape index (κ1) is 27.5. The zero-order chi connectivity index (χ0) is 21.3. The Morgan fingerprint density at radius 3 is 2.52 bits per heavy atom. The quantitative estimate of drug-likeness (QED) is 0.311. The van der Waals surface area contributed by atoms with Crippen LogP contribution in [0.15, 0.2) is 17.3 Å². The zero-order valence-corrected chi connectivity index (χ0v) is 21.5. The molecule has 8 nitrogen and oxygen atoms in total. The van der Waals surface area contributed by atoms with Gasteiger partial charge in [0.25, 0.3) is 0 Å². The number of hydrogen-bond donors (Lipinski definition) is 2. The molecule has 0 radical (unpaired) electrons. The van der Waals surface area contributed by atoms with E-state index in [9.17, 15) is 4.79 Å². The molecule has 1 unspecified atom stereocenters. The fourth-order valence-electron chi connectivity index (χ4n) is 2.65. The predicted octanol–water partition coefficient (Wildman–Crippen LogP) is 3.37. The Kier molecular flexibility index (Phi) is 12.2. The molecular weight excluding hydrogens is 483 g/mol. The van der Waals surface area contributed by atoms with Gasteiger partial charge in [-0.15, -0.1) is 24.0 Å². The van der Waals surface area contributed by atoms with Crippen molar-refractivity contribution in [2.24, 2.45) is 18.0 Å². The van der Waals surface area contributed by atoms with Gasteiger partial charge in [0.05, 0.1) is 12.2 Å². The molecule has 1 aromatic heterocycles. The molecule has 0 aliphatic rings. The van der Waals surface area contributed by atoms with Crippen molar-refractivity contribution < 1.29 is 9.53 Å². The van der Waals surface area contributed by atoms with E-state index < -0.39 is 5.60 Å². The number of rotatable bonds is 8. The number of aryl methyl sites for hydroxylation is 1. The maximum atomic E-state index is 12.1. The largest absolute Gasteiger partial charge is 0.444 e. The van der Waals surface area contributed by atoms with E-state index in [0.29, 0.717) is 12.5 Å². The molecule has 0 aliphatic carbocycles. The van der Waals surface area contributed by atoms with E-state index in [1.54, 1.807) is 6.20 Å². The van der Waals surface area contributed by atoms with Crippen molar-refractivity contribution in [2.45, 2.75) is 66.2 Å². The Morgan fingerprint density at radius 2 is 2.03 bits per heavy atom. The molecule has 168 valence electrons. The van der Waals surface area contributed by atoms with Gasteiger partial charge < -0.3 is 20.3 Å². The van der Waals surface area contributed by atoms with Gasteiger partial charge in [-0.05, 0) is 46.1 Å². The molecular formula is C20H39IN6O2. The third-order valence-corrected chi connectivity index (χ3v) is 4.29. The SMILES string of the molecule is CCNC(=NCc1ccnn1C)N(C)CCC(NC(=O)OC(C)(C)C)C(C)C.I. The van der Waals surface area contributed by atoms with E-state index in [1.807, 2.05) is 45.6 Å². The summed E-state index contributed by atoms with van der Waals surface area (Å²) in [6.45, 7) is 14.0. The van der Waals surface area contributed by atoms with Crippen molar-refractivity contribution in [3.8, 4) is 0 Å². The van der Waals surface area contributed by atoms with Crippen LogP contribution in [0.3, 0.4) is 0 Å². The number of halogens is 1. The summed E-state index contributed by atoms with van der Waals surface area (Å²) >= 11 is 0. The molecule has 0 bridgehead atoms. The van der Waals surface area contributed by atoms with Gasteiger partial charge >= 0.3 is 6.09 Å². The van der Waals surface area contributed by atoms with Crippen molar-refractivity contribution in [3.63, 3.8) is 0 Å². The van der Waals surface area contributed by atoms with Gasteiger partial charge in [-0.3, -0.25) is 4.68 Å². The number of nitrogens with zero attached hydrogens (tertiary/aromatic N) is 4. The molecule has 0 aliphatic heterocycles. The lowest BCUT2D eigenvalue weighted by molar-refractivity contribution is 0.0486. The number of carbonyl (C=O) groups is 1. The van der Waals surface area contributed by atoms with E-state index in [4.69, 9.17) is 9.73 Å². The van der Waals surface area contributed by atoms with Crippen LogP contribution in [0.1, 0.15) is 53.7 Å². The lowest BCUT2D eigenvalue weighted by atomic mass is 10.0. The number of aliphatic imine (C=N–C) groups is 1. The van der Waals surface area contributed by atoms with Crippen LogP contribution in [0, 0.1) is 5.92 Å². The van der Waals surface area contributed by atoms with E-state index >= 15 is 0 Å². The lowest BCUT2D eigenvalue weighted by Crippen LogP contribution is -2.45. The second-order valence-corrected chi connectivity index (χ2v) is 8.32. The molecule has 0 aromatic carbocycles. The minimum absolute atomic E-state index is 0. The molecule has 0 fully saturated rings. The number of carbonyl (C=O) groups excluding carboxylic acids is 1. The minimum Gasteiger partial charge on any atom is -0.444 e. The maximum absolute atomic E-state index is 12.1. The van der Waals surface area contributed by atoms with Crippen molar-refractivity contribution in [1.29, 1.82) is 0 Å². The molecule has 1 rings (SSSR count). The molecule has 29 heavy (non-hydrogen) atoms. The van der Waals surface area contributed by atoms with Crippen LogP contribution in [0.5, 0.6) is 0 Å². The summed E-state index contributed by atoms with van der Waals surface area (Å²) in [6, 6.07) is 1.99. The highest BCUT2D eigenvalue weighted by Gasteiger charge is 2.22. The Bertz CT molecular complexity index is 639. The fraction of sp³-hybridized carbons (Fsp3) is 0.750. The first-order chi connectivity index (χ1) is 13.0. The lowest BCUT2D eigenvalue weighted by Gasteiger charge is -2.28. The van der Waals surface area contributed by atoms with Crippen LogP contribution in [0.2, 0.25) is 0 Å². The number of amides is 1. The van der Waals surface area contributed by atoms with Gasteiger partial charge in [0, 0.05) is 39.4 Å². The van der Waals surface area contributed by atoms with Gasteiger partial charge in [0.2, 0.25) is 0 Å². The smallest absolute Gasteiger partial charge is 0.407 e. The van der Waals surface area contributed by atoms with Gasteiger partial charge in [-0.1, -0.05) is 13.8 Å². The van der Waals surface area contributed by atoms with Crippen LogP contribution < -0.4 is 10.6 Å². The second kappa shape index (κ2) is 12.9. The Balaban J connectivity index is 0.00000784. The number of nitrogens with one attached hydrogen (secondary N) is 2.